The van der Waals surface area contributed by atoms with Crippen LogP contribution < -0.4 is 16.6 Å². The predicted molar refractivity (Wildman–Crippen MR) is 97.9 cm³/mol. The maximum atomic E-state index is 13.1. The zero-order valence-corrected chi connectivity index (χ0v) is 15.4. The first kappa shape index (κ1) is 18.6. The average Bonchev–Trinajstić information content (AvgIpc) is 3.09. The number of nitrogens with zero attached hydrogens (tertiary/aromatic N) is 4. The van der Waals surface area contributed by atoms with Gasteiger partial charge in [0.15, 0.2) is 11.2 Å². The molecule has 0 unspecified atom stereocenters. The third-order valence-corrected chi connectivity index (χ3v) is 4.70. The molecule has 3 aromatic rings. The van der Waals surface area contributed by atoms with Gasteiger partial charge in [0.2, 0.25) is 5.91 Å². The summed E-state index contributed by atoms with van der Waals surface area (Å²) < 4.78 is 16.7. The SMILES string of the molecule is C[C@H](NC(=O)[C@@H](C)n1cnc2c1c(=O)n(C)c(=O)n2C)c1ccc(F)cc1. The Balaban J connectivity index is 1.93. The Morgan fingerprint density at radius 1 is 1.11 bits per heavy atom. The number of rotatable bonds is 4. The summed E-state index contributed by atoms with van der Waals surface area (Å²) in [5, 5.41) is 2.84. The number of aryl methyl sites for hydroxylation is 1. The first-order valence-corrected chi connectivity index (χ1v) is 8.40. The lowest BCUT2D eigenvalue weighted by Crippen LogP contribution is -2.39. The van der Waals surface area contributed by atoms with E-state index in [4.69, 9.17) is 0 Å². The molecule has 1 aromatic carbocycles. The number of hydrogen-bond acceptors (Lipinski definition) is 4. The number of carbonyl (C=O) groups excluding carboxylic acids is 1. The number of halogens is 1. The fourth-order valence-electron chi connectivity index (χ4n) is 2.95. The first-order valence-electron chi connectivity index (χ1n) is 8.40. The molecule has 27 heavy (non-hydrogen) atoms. The maximum Gasteiger partial charge on any atom is 0.332 e. The molecular formula is C18H20FN5O3. The van der Waals surface area contributed by atoms with Crippen molar-refractivity contribution in [3.05, 3.63) is 62.8 Å². The zero-order valence-electron chi connectivity index (χ0n) is 15.4. The molecule has 0 fully saturated rings. The summed E-state index contributed by atoms with van der Waals surface area (Å²) in [6, 6.07) is 4.78. The normalized spacial score (nSPS) is 13.5. The fraction of sp³-hybridized carbons (Fsp3) is 0.333. The van der Waals surface area contributed by atoms with E-state index in [1.807, 2.05) is 0 Å². The fourth-order valence-corrected chi connectivity index (χ4v) is 2.95. The van der Waals surface area contributed by atoms with Gasteiger partial charge in [-0.1, -0.05) is 12.1 Å². The standard InChI is InChI=1S/C18H20FN5O3/c1-10(12-5-7-13(19)8-6-12)21-16(25)11(2)24-9-20-15-14(24)17(26)23(4)18(27)22(15)3/h5-11H,1-4H3,(H,21,25)/t10-,11+/m0/s1. The molecule has 0 spiro atoms. The largest absolute Gasteiger partial charge is 0.348 e. The van der Waals surface area contributed by atoms with Crippen molar-refractivity contribution in [3.8, 4) is 0 Å². The molecule has 9 heteroatoms. The van der Waals surface area contributed by atoms with Gasteiger partial charge in [0.25, 0.3) is 5.56 Å². The first-order chi connectivity index (χ1) is 12.7. The molecule has 0 aliphatic heterocycles. The molecule has 142 valence electrons. The lowest BCUT2D eigenvalue weighted by Gasteiger charge is -2.19. The van der Waals surface area contributed by atoms with Crippen LogP contribution in [0.5, 0.6) is 0 Å². The predicted octanol–water partition coefficient (Wildman–Crippen LogP) is 1.01. The van der Waals surface area contributed by atoms with Crippen LogP contribution in [-0.4, -0.2) is 24.6 Å². The molecule has 8 nitrogen and oxygen atoms in total. The summed E-state index contributed by atoms with van der Waals surface area (Å²) >= 11 is 0. The highest BCUT2D eigenvalue weighted by Gasteiger charge is 2.23. The average molecular weight is 373 g/mol. The summed E-state index contributed by atoms with van der Waals surface area (Å²) in [6.07, 6.45) is 1.37. The highest BCUT2D eigenvalue weighted by molar-refractivity contribution is 5.82. The van der Waals surface area contributed by atoms with Crippen molar-refractivity contribution in [1.82, 2.24) is 24.0 Å². The number of aromatic nitrogens is 4. The Kier molecular flexibility index (Phi) is 4.69. The van der Waals surface area contributed by atoms with Crippen molar-refractivity contribution >= 4 is 17.1 Å². The van der Waals surface area contributed by atoms with E-state index in [-0.39, 0.29) is 28.9 Å². The molecular weight excluding hydrogens is 353 g/mol. The molecule has 2 atom stereocenters. The number of benzene rings is 1. The molecule has 0 aliphatic rings. The number of imidazole rings is 1. The van der Waals surface area contributed by atoms with Crippen LogP contribution in [0.2, 0.25) is 0 Å². The second-order valence-electron chi connectivity index (χ2n) is 6.49. The third kappa shape index (κ3) is 3.16. The number of hydrogen-bond donors (Lipinski definition) is 1. The summed E-state index contributed by atoms with van der Waals surface area (Å²) in [6.45, 7) is 3.42. The molecule has 0 radical (unpaired) electrons. The number of fused-ring (bicyclic) bond motifs is 1. The molecule has 0 bridgehead atoms. The van der Waals surface area contributed by atoms with Crippen LogP contribution in [-0.2, 0) is 18.9 Å². The summed E-state index contributed by atoms with van der Waals surface area (Å²) in [4.78, 5) is 41.3. The smallest absolute Gasteiger partial charge is 0.332 e. The third-order valence-electron chi connectivity index (χ3n) is 4.70. The lowest BCUT2D eigenvalue weighted by molar-refractivity contribution is -0.124. The molecule has 1 amide bonds. The Hall–Kier alpha value is -3.23. The van der Waals surface area contributed by atoms with E-state index in [2.05, 4.69) is 10.3 Å². The van der Waals surface area contributed by atoms with Gasteiger partial charge in [0.05, 0.1) is 12.4 Å². The van der Waals surface area contributed by atoms with Crippen LogP contribution >= 0.6 is 0 Å². The van der Waals surface area contributed by atoms with E-state index in [0.717, 1.165) is 10.1 Å². The van der Waals surface area contributed by atoms with E-state index < -0.39 is 17.3 Å². The van der Waals surface area contributed by atoms with Crippen LogP contribution in [0.25, 0.3) is 11.2 Å². The summed E-state index contributed by atoms with van der Waals surface area (Å²) in [7, 11) is 2.89. The van der Waals surface area contributed by atoms with Crippen molar-refractivity contribution in [2.75, 3.05) is 0 Å². The molecule has 1 N–H and O–H groups in total. The van der Waals surface area contributed by atoms with Crippen LogP contribution in [0, 0.1) is 5.82 Å². The van der Waals surface area contributed by atoms with Crippen LogP contribution in [0.15, 0.2) is 40.2 Å². The quantitative estimate of drug-likeness (QED) is 0.739. The van der Waals surface area contributed by atoms with Gasteiger partial charge < -0.3 is 9.88 Å². The maximum absolute atomic E-state index is 13.1. The topological polar surface area (TPSA) is 90.9 Å². The van der Waals surface area contributed by atoms with Crippen LogP contribution in [0.4, 0.5) is 4.39 Å². The highest BCUT2D eigenvalue weighted by atomic mass is 19.1. The van der Waals surface area contributed by atoms with E-state index >= 15 is 0 Å². The van der Waals surface area contributed by atoms with Gasteiger partial charge in [-0.2, -0.15) is 0 Å². The summed E-state index contributed by atoms with van der Waals surface area (Å²) in [5.41, 5.74) is 0.147. The van der Waals surface area contributed by atoms with Crippen LogP contribution in [0.1, 0.15) is 31.5 Å². The summed E-state index contributed by atoms with van der Waals surface area (Å²) in [5.74, 6) is -0.681. The molecule has 2 aromatic heterocycles. The van der Waals surface area contributed by atoms with Crippen LogP contribution in [0.3, 0.4) is 0 Å². The minimum Gasteiger partial charge on any atom is -0.348 e. The van der Waals surface area contributed by atoms with Gasteiger partial charge in [-0.25, -0.2) is 14.2 Å². The number of amides is 1. The number of nitrogens with one attached hydrogen (secondary N) is 1. The zero-order chi connectivity index (χ0) is 19.9. The van der Waals surface area contributed by atoms with Crippen molar-refractivity contribution in [1.29, 1.82) is 0 Å². The van der Waals surface area contributed by atoms with Gasteiger partial charge in [-0.05, 0) is 31.5 Å². The second kappa shape index (κ2) is 6.82. The van der Waals surface area contributed by atoms with Crippen molar-refractivity contribution in [2.24, 2.45) is 14.1 Å². The van der Waals surface area contributed by atoms with E-state index in [1.165, 1.54) is 41.7 Å². The van der Waals surface area contributed by atoms with Crippen molar-refractivity contribution < 1.29 is 9.18 Å². The van der Waals surface area contributed by atoms with Gasteiger partial charge in [-0.15, -0.1) is 0 Å². The molecule has 2 heterocycles. The van der Waals surface area contributed by atoms with E-state index in [0.29, 0.717) is 0 Å². The minimum atomic E-state index is -0.733. The lowest BCUT2D eigenvalue weighted by atomic mass is 10.1. The van der Waals surface area contributed by atoms with Gasteiger partial charge in [0.1, 0.15) is 11.9 Å². The Morgan fingerprint density at radius 3 is 2.37 bits per heavy atom. The van der Waals surface area contributed by atoms with E-state index in [9.17, 15) is 18.8 Å². The van der Waals surface area contributed by atoms with Gasteiger partial charge in [0, 0.05) is 14.1 Å². The van der Waals surface area contributed by atoms with Crippen molar-refractivity contribution in [2.45, 2.75) is 25.9 Å². The minimum absolute atomic E-state index is 0.177. The molecule has 3 rings (SSSR count). The van der Waals surface area contributed by atoms with E-state index in [1.54, 1.807) is 26.0 Å². The monoisotopic (exact) mass is 373 g/mol. The molecule has 0 aliphatic carbocycles. The highest BCUT2D eigenvalue weighted by Crippen LogP contribution is 2.17. The molecule has 0 saturated carbocycles. The Bertz CT molecular complexity index is 1130. The Morgan fingerprint density at radius 2 is 1.74 bits per heavy atom. The molecule has 0 saturated heterocycles. The second-order valence-corrected chi connectivity index (χ2v) is 6.49. The van der Waals surface area contributed by atoms with Crippen molar-refractivity contribution in [3.63, 3.8) is 0 Å². The number of carbonyl (C=O) groups is 1. The Labute approximate surface area is 153 Å². The van der Waals surface area contributed by atoms with Gasteiger partial charge >= 0.3 is 5.69 Å². The van der Waals surface area contributed by atoms with Gasteiger partial charge in [-0.3, -0.25) is 18.7 Å².